The van der Waals surface area contributed by atoms with Crippen LogP contribution in [0.25, 0.3) is 0 Å². The van der Waals surface area contributed by atoms with Crippen molar-refractivity contribution in [1.82, 2.24) is 14.8 Å². The molecule has 0 unspecified atom stereocenters. The fraction of sp³-hybridized carbons (Fsp3) is 0.381. The number of benzene rings is 1. The van der Waals surface area contributed by atoms with Crippen molar-refractivity contribution in [2.24, 2.45) is 0 Å². The molecule has 3 rings (SSSR count). The molecule has 27 heavy (non-hydrogen) atoms. The van der Waals surface area contributed by atoms with E-state index in [1.807, 2.05) is 12.1 Å². The molecule has 1 N–H and O–H groups in total. The van der Waals surface area contributed by atoms with E-state index < -0.39 is 0 Å². The molecule has 6 nitrogen and oxygen atoms in total. The van der Waals surface area contributed by atoms with Gasteiger partial charge in [-0.25, -0.2) is 4.98 Å². The minimum Gasteiger partial charge on any atom is -0.370 e. The zero-order valence-corrected chi connectivity index (χ0v) is 15.7. The Morgan fingerprint density at radius 1 is 1.04 bits per heavy atom. The van der Waals surface area contributed by atoms with E-state index >= 15 is 0 Å². The molecule has 1 fully saturated rings. The van der Waals surface area contributed by atoms with Gasteiger partial charge in [-0.05, 0) is 30.5 Å². The van der Waals surface area contributed by atoms with Crippen molar-refractivity contribution in [3.8, 4) is 0 Å². The summed E-state index contributed by atoms with van der Waals surface area (Å²) in [7, 11) is 0. The molecule has 2 heterocycles. The van der Waals surface area contributed by atoms with E-state index in [9.17, 15) is 9.59 Å². The van der Waals surface area contributed by atoms with Crippen LogP contribution in [0.5, 0.6) is 0 Å². The molecule has 142 valence electrons. The minimum absolute atomic E-state index is 0.00654. The van der Waals surface area contributed by atoms with Gasteiger partial charge in [-0.15, -0.1) is 0 Å². The number of rotatable bonds is 6. The summed E-state index contributed by atoms with van der Waals surface area (Å²) in [6, 6.07) is 13.9. The molecule has 0 saturated carbocycles. The van der Waals surface area contributed by atoms with Crippen LogP contribution in [0.2, 0.25) is 0 Å². The summed E-state index contributed by atoms with van der Waals surface area (Å²) in [5, 5.41) is 3.30. The molecule has 1 aromatic heterocycles. The lowest BCUT2D eigenvalue weighted by molar-refractivity contribution is -0.130. The molecule has 2 aromatic rings. The average molecular weight is 366 g/mol. The van der Waals surface area contributed by atoms with Gasteiger partial charge in [0, 0.05) is 51.4 Å². The minimum atomic E-state index is -0.00654. The lowest BCUT2D eigenvalue weighted by atomic mass is 10.1. The van der Waals surface area contributed by atoms with Gasteiger partial charge in [0.2, 0.25) is 5.91 Å². The normalized spacial score (nSPS) is 14.1. The van der Waals surface area contributed by atoms with Gasteiger partial charge < -0.3 is 15.1 Å². The average Bonchev–Trinajstić information content (AvgIpc) is 2.72. The summed E-state index contributed by atoms with van der Waals surface area (Å²) in [6.07, 6.45) is 3.67. The summed E-state index contributed by atoms with van der Waals surface area (Å²) < 4.78 is 0. The number of hydrogen-bond donors (Lipinski definition) is 1. The molecule has 6 heteroatoms. The molecule has 1 aliphatic rings. The van der Waals surface area contributed by atoms with Gasteiger partial charge in [-0.2, -0.15) is 0 Å². The van der Waals surface area contributed by atoms with E-state index in [1.165, 1.54) is 5.56 Å². The Kier molecular flexibility index (Phi) is 6.41. The van der Waals surface area contributed by atoms with Crippen molar-refractivity contribution in [1.29, 1.82) is 0 Å². The number of carbonyl (C=O) groups is 2. The summed E-state index contributed by atoms with van der Waals surface area (Å²) in [6.45, 7) is 4.70. The van der Waals surface area contributed by atoms with Crippen LogP contribution in [-0.2, 0) is 11.2 Å². The Morgan fingerprint density at radius 2 is 1.74 bits per heavy atom. The van der Waals surface area contributed by atoms with E-state index in [-0.39, 0.29) is 11.8 Å². The largest absolute Gasteiger partial charge is 0.370 e. The van der Waals surface area contributed by atoms with Crippen molar-refractivity contribution >= 4 is 17.6 Å². The highest BCUT2D eigenvalue weighted by atomic mass is 16.2. The molecule has 1 saturated heterocycles. The van der Waals surface area contributed by atoms with Crippen molar-refractivity contribution in [3.63, 3.8) is 0 Å². The number of aromatic nitrogens is 1. The number of amides is 2. The van der Waals surface area contributed by atoms with Crippen LogP contribution in [0.4, 0.5) is 5.82 Å². The molecule has 1 aromatic carbocycles. The monoisotopic (exact) mass is 366 g/mol. The third kappa shape index (κ3) is 5.29. The van der Waals surface area contributed by atoms with Gasteiger partial charge >= 0.3 is 0 Å². The first kappa shape index (κ1) is 18.9. The predicted octanol–water partition coefficient (Wildman–Crippen LogP) is 2.43. The Morgan fingerprint density at radius 3 is 2.44 bits per heavy atom. The quantitative estimate of drug-likeness (QED) is 0.798. The summed E-state index contributed by atoms with van der Waals surface area (Å²) >= 11 is 0. The Bertz CT molecular complexity index is 771. The molecule has 0 bridgehead atoms. The zero-order chi connectivity index (χ0) is 19.1. The van der Waals surface area contributed by atoms with Crippen LogP contribution in [-0.4, -0.2) is 59.3 Å². The van der Waals surface area contributed by atoms with Gasteiger partial charge in [-0.3, -0.25) is 9.59 Å². The highest BCUT2D eigenvalue weighted by Gasteiger charge is 2.23. The second-order valence-corrected chi connectivity index (χ2v) is 6.74. The molecule has 2 amide bonds. The number of aryl methyl sites for hydroxylation is 1. The van der Waals surface area contributed by atoms with E-state index in [0.29, 0.717) is 31.7 Å². The Balaban J connectivity index is 1.49. The first-order chi connectivity index (χ1) is 13.1. The molecule has 0 radical (unpaired) electrons. The third-order valence-electron chi connectivity index (χ3n) is 4.81. The smallest absolute Gasteiger partial charge is 0.254 e. The fourth-order valence-corrected chi connectivity index (χ4v) is 3.22. The van der Waals surface area contributed by atoms with Crippen molar-refractivity contribution < 1.29 is 9.59 Å². The van der Waals surface area contributed by atoms with Crippen LogP contribution >= 0.6 is 0 Å². The predicted molar refractivity (Wildman–Crippen MR) is 106 cm³/mol. The second-order valence-electron chi connectivity index (χ2n) is 6.74. The Hall–Kier alpha value is -2.89. The second kappa shape index (κ2) is 9.16. The first-order valence-corrected chi connectivity index (χ1v) is 9.42. The maximum absolute atomic E-state index is 12.7. The summed E-state index contributed by atoms with van der Waals surface area (Å²) in [5.74, 6) is 0.775. The SMILES string of the molecule is CC(=O)N1CCN(C(=O)c2ccnc(NCCCc3ccccc3)c2)CC1. The maximum atomic E-state index is 12.7. The molecule has 1 aliphatic heterocycles. The number of anilines is 1. The first-order valence-electron chi connectivity index (χ1n) is 9.42. The van der Waals surface area contributed by atoms with Crippen molar-refractivity contribution in [2.75, 3.05) is 38.0 Å². The fourth-order valence-electron chi connectivity index (χ4n) is 3.22. The van der Waals surface area contributed by atoms with E-state index in [4.69, 9.17) is 0 Å². The van der Waals surface area contributed by atoms with Crippen LogP contribution in [0, 0.1) is 0 Å². The molecular weight excluding hydrogens is 340 g/mol. The number of carbonyl (C=O) groups excluding carboxylic acids is 2. The summed E-state index contributed by atoms with van der Waals surface area (Å²) in [4.78, 5) is 32.0. The molecule has 0 atom stereocenters. The highest BCUT2D eigenvalue weighted by molar-refractivity contribution is 5.95. The van der Waals surface area contributed by atoms with Crippen LogP contribution in [0.15, 0.2) is 48.7 Å². The van der Waals surface area contributed by atoms with Crippen molar-refractivity contribution in [3.05, 3.63) is 59.8 Å². The maximum Gasteiger partial charge on any atom is 0.254 e. The summed E-state index contributed by atoms with van der Waals surface area (Å²) in [5.41, 5.74) is 1.95. The molecule has 0 aliphatic carbocycles. The van der Waals surface area contributed by atoms with Crippen LogP contribution in [0.1, 0.15) is 29.3 Å². The lowest BCUT2D eigenvalue weighted by Crippen LogP contribution is -2.50. The van der Waals surface area contributed by atoms with Crippen LogP contribution in [0.3, 0.4) is 0 Å². The number of nitrogens with one attached hydrogen (secondary N) is 1. The van der Waals surface area contributed by atoms with E-state index in [0.717, 1.165) is 25.2 Å². The topological polar surface area (TPSA) is 65.5 Å². The molecule has 0 spiro atoms. The third-order valence-corrected chi connectivity index (χ3v) is 4.81. The van der Waals surface area contributed by atoms with Gasteiger partial charge in [0.25, 0.3) is 5.91 Å². The van der Waals surface area contributed by atoms with Gasteiger partial charge in [-0.1, -0.05) is 30.3 Å². The number of piperazine rings is 1. The molecular formula is C21H26N4O2. The van der Waals surface area contributed by atoms with Gasteiger partial charge in [0.1, 0.15) is 5.82 Å². The van der Waals surface area contributed by atoms with E-state index in [2.05, 4.69) is 34.6 Å². The lowest BCUT2D eigenvalue weighted by Gasteiger charge is -2.34. The highest BCUT2D eigenvalue weighted by Crippen LogP contribution is 2.12. The zero-order valence-electron chi connectivity index (χ0n) is 15.7. The van der Waals surface area contributed by atoms with Gasteiger partial charge in [0.05, 0.1) is 0 Å². The number of nitrogens with zero attached hydrogens (tertiary/aromatic N) is 3. The van der Waals surface area contributed by atoms with E-state index in [1.54, 1.807) is 29.0 Å². The number of hydrogen-bond acceptors (Lipinski definition) is 4. The van der Waals surface area contributed by atoms with Gasteiger partial charge in [0.15, 0.2) is 0 Å². The van der Waals surface area contributed by atoms with Crippen LogP contribution < -0.4 is 5.32 Å². The Labute approximate surface area is 160 Å². The standard InChI is InChI=1S/C21H26N4O2/c1-17(26)24-12-14-25(15-13-24)21(27)19-9-11-23-20(16-19)22-10-5-8-18-6-3-2-4-7-18/h2-4,6-7,9,11,16H,5,8,10,12-15H2,1H3,(H,22,23). The van der Waals surface area contributed by atoms with Crippen molar-refractivity contribution in [2.45, 2.75) is 19.8 Å². The number of pyridine rings is 1.